The second-order valence-corrected chi connectivity index (χ2v) is 3.86. The maximum atomic E-state index is 11.8. The van der Waals surface area contributed by atoms with E-state index in [1.54, 1.807) is 0 Å². The molecule has 0 aliphatic rings. The molecule has 2 rings (SSSR count). The Kier molecular flexibility index (Phi) is 3.71. The van der Waals surface area contributed by atoms with Crippen LogP contribution in [0.15, 0.2) is 29.1 Å². The third-order valence-electron chi connectivity index (χ3n) is 2.22. The van der Waals surface area contributed by atoms with Gasteiger partial charge in [0.2, 0.25) is 6.39 Å². The molecular weight excluding hydrogens is 276 g/mol. The van der Waals surface area contributed by atoms with Gasteiger partial charge in [-0.3, -0.25) is 14.9 Å². The molecule has 1 aromatic heterocycles. The third-order valence-corrected chi connectivity index (χ3v) is 2.54. The summed E-state index contributed by atoms with van der Waals surface area (Å²) in [5, 5.41) is 16.7. The molecule has 0 aliphatic carbocycles. The number of aromatic nitrogens is 2. The highest BCUT2D eigenvalue weighted by molar-refractivity contribution is 6.32. The number of halogens is 1. The largest absolute Gasteiger partial charge is 0.345 e. The van der Waals surface area contributed by atoms with Crippen LogP contribution in [0, 0.1) is 10.1 Å². The molecule has 0 atom stereocenters. The molecule has 98 valence electrons. The van der Waals surface area contributed by atoms with Crippen molar-refractivity contribution in [3.63, 3.8) is 0 Å². The molecule has 8 nitrogen and oxygen atoms in total. The van der Waals surface area contributed by atoms with Gasteiger partial charge in [0.05, 0.1) is 11.5 Å². The van der Waals surface area contributed by atoms with Crippen molar-refractivity contribution >= 4 is 23.2 Å². The molecule has 9 heteroatoms. The first kappa shape index (κ1) is 13.0. The van der Waals surface area contributed by atoms with Crippen molar-refractivity contribution in [1.82, 2.24) is 15.5 Å². The molecule has 1 aromatic carbocycles. The second kappa shape index (κ2) is 5.44. The van der Waals surface area contributed by atoms with Crippen LogP contribution < -0.4 is 5.32 Å². The Morgan fingerprint density at radius 3 is 2.95 bits per heavy atom. The molecule has 0 aliphatic heterocycles. The van der Waals surface area contributed by atoms with Crippen molar-refractivity contribution in [2.45, 2.75) is 6.54 Å². The fourth-order valence-electron chi connectivity index (χ4n) is 1.33. The summed E-state index contributed by atoms with van der Waals surface area (Å²) in [4.78, 5) is 25.5. The summed E-state index contributed by atoms with van der Waals surface area (Å²) in [5.74, 6) is -0.193. The Morgan fingerprint density at radius 1 is 1.53 bits per heavy atom. The zero-order valence-electron chi connectivity index (χ0n) is 9.37. The van der Waals surface area contributed by atoms with Gasteiger partial charge in [0, 0.05) is 11.6 Å². The molecule has 0 radical (unpaired) electrons. The first-order valence-electron chi connectivity index (χ1n) is 5.05. The topological polar surface area (TPSA) is 111 Å². The number of nitro benzene ring substituents is 1. The van der Waals surface area contributed by atoms with Crippen LogP contribution in [0.4, 0.5) is 5.69 Å². The minimum atomic E-state index is -0.654. The molecule has 0 saturated heterocycles. The van der Waals surface area contributed by atoms with Crippen LogP contribution in [0.1, 0.15) is 16.2 Å². The van der Waals surface area contributed by atoms with E-state index in [1.807, 2.05) is 0 Å². The Morgan fingerprint density at radius 2 is 2.32 bits per heavy atom. The van der Waals surface area contributed by atoms with E-state index in [-0.39, 0.29) is 22.8 Å². The summed E-state index contributed by atoms with van der Waals surface area (Å²) in [7, 11) is 0. The van der Waals surface area contributed by atoms with Crippen molar-refractivity contribution in [2.75, 3.05) is 0 Å². The van der Waals surface area contributed by atoms with Crippen molar-refractivity contribution in [3.05, 3.63) is 51.1 Å². The van der Waals surface area contributed by atoms with Crippen LogP contribution in [0.5, 0.6) is 0 Å². The molecule has 1 heterocycles. The number of nitro groups is 1. The highest BCUT2D eigenvalue weighted by Gasteiger charge is 2.16. The van der Waals surface area contributed by atoms with Crippen molar-refractivity contribution in [1.29, 1.82) is 0 Å². The van der Waals surface area contributed by atoms with Crippen molar-refractivity contribution in [2.24, 2.45) is 0 Å². The van der Waals surface area contributed by atoms with E-state index in [4.69, 9.17) is 11.6 Å². The van der Waals surface area contributed by atoms with Gasteiger partial charge in [-0.1, -0.05) is 16.8 Å². The number of carbonyl (C=O) groups excluding carboxylic acids is 1. The number of benzene rings is 1. The van der Waals surface area contributed by atoms with Crippen LogP contribution in [-0.2, 0) is 6.54 Å². The van der Waals surface area contributed by atoms with Crippen molar-refractivity contribution < 1.29 is 14.2 Å². The molecule has 1 N–H and O–H groups in total. The van der Waals surface area contributed by atoms with Crippen LogP contribution in [0.2, 0.25) is 5.02 Å². The Labute approximate surface area is 111 Å². The summed E-state index contributed by atoms with van der Waals surface area (Å²) < 4.78 is 4.50. The van der Waals surface area contributed by atoms with E-state index in [2.05, 4.69) is 20.0 Å². The van der Waals surface area contributed by atoms with E-state index in [1.165, 1.54) is 12.1 Å². The van der Waals surface area contributed by atoms with Gasteiger partial charge in [-0.2, -0.15) is 4.98 Å². The summed E-state index contributed by atoms with van der Waals surface area (Å²) in [6.07, 6.45) is 1.13. The first-order chi connectivity index (χ1) is 9.08. The van der Waals surface area contributed by atoms with Crippen LogP contribution in [0.3, 0.4) is 0 Å². The smallest absolute Gasteiger partial charge is 0.288 e. The molecule has 19 heavy (non-hydrogen) atoms. The number of carbonyl (C=O) groups is 1. The summed E-state index contributed by atoms with van der Waals surface area (Å²) >= 11 is 5.65. The summed E-state index contributed by atoms with van der Waals surface area (Å²) in [6, 6.07) is 3.79. The molecule has 0 fully saturated rings. The van der Waals surface area contributed by atoms with Gasteiger partial charge in [0.1, 0.15) is 5.02 Å². The number of hydrogen-bond acceptors (Lipinski definition) is 6. The lowest BCUT2D eigenvalue weighted by molar-refractivity contribution is -0.384. The normalized spacial score (nSPS) is 10.2. The fraction of sp³-hybridized carbons (Fsp3) is 0.100. The van der Waals surface area contributed by atoms with Crippen LogP contribution in [-0.4, -0.2) is 21.0 Å². The third kappa shape index (κ3) is 3.05. The average Bonchev–Trinajstić information content (AvgIpc) is 2.89. The van der Waals surface area contributed by atoms with Crippen molar-refractivity contribution in [3.8, 4) is 0 Å². The fourth-order valence-corrected chi connectivity index (χ4v) is 1.51. The molecule has 0 saturated carbocycles. The quantitative estimate of drug-likeness (QED) is 0.673. The van der Waals surface area contributed by atoms with Gasteiger partial charge in [0.25, 0.3) is 11.6 Å². The van der Waals surface area contributed by atoms with E-state index >= 15 is 0 Å². The predicted octanol–water partition coefficient (Wildman–Crippen LogP) is 1.56. The van der Waals surface area contributed by atoms with E-state index in [0.717, 1.165) is 12.5 Å². The average molecular weight is 283 g/mol. The maximum Gasteiger partial charge on any atom is 0.288 e. The van der Waals surface area contributed by atoms with E-state index in [9.17, 15) is 14.9 Å². The van der Waals surface area contributed by atoms with E-state index < -0.39 is 10.8 Å². The highest BCUT2D eigenvalue weighted by Crippen LogP contribution is 2.24. The Balaban J connectivity index is 2.11. The molecular formula is C10H7ClN4O4. The minimum absolute atomic E-state index is 0.0280. The van der Waals surface area contributed by atoms with Gasteiger partial charge in [-0.05, 0) is 12.1 Å². The van der Waals surface area contributed by atoms with Gasteiger partial charge >= 0.3 is 0 Å². The lowest BCUT2D eigenvalue weighted by Crippen LogP contribution is -2.23. The van der Waals surface area contributed by atoms with Crippen LogP contribution in [0.25, 0.3) is 0 Å². The van der Waals surface area contributed by atoms with Gasteiger partial charge < -0.3 is 9.84 Å². The highest BCUT2D eigenvalue weighted by atomic mass is 35.5. The van der Waals surface area contributed by atoms with Gasteiger partial charge in [-0.25, -0.2) is 0 Å². The molecule has 1 amide bonds. The van der Waals surface area contributed by atoms with Gasteiger partial charge in [-0.15, -0.1) is 0 Å². The Bertz CT molecular complexity index is 614. The Hall–Kier alpha value is -2.48. The number of hydrogen-bond donors (Lipinski definition) is 1. The number of nitrogens with one attached hydrogen (secondary N) is 1. The minimum Gasteiger partial charge on any atom is -0.345 e. The maximum absolute atomic E-state index is 11.8. The monoisotopic (exact) mass is 282 g/mol. The molecule has 0 bridgehead atoms. The summed E-state index contributed by atoms with van der Waals surface area (Å²) in [6.45, 7) is 0.0613. The number of amides is 1. The first-order valence-corrected chi connectivity index (χ1v) is 5.43. The summed E-state index contributed by atoms with van der Waals surface area (Å²) in [5.41, 5.74) is -0.200. The zero-order chi connectivity index (χ0) is 13.8. The zero-order valence-corrected chi connectivity index (χ0v) is 10.1. The molecule has 2 aromatic rings. The molecule has 0 unspecified atom stereocenters. The number of nitrogens with zero attached hydrogens (tertiary/aromatic N) is 3. The lowest BCUT2D eigenvalue weighted by atomic mass is 10.2. The molecule has 0 spiro atoms. The SMILES string of the molecule is O=C(NCc1ncon1)c1ccc(Cl)c([N+](=O)[O-])c1. The van der Waals surface area contributed by atoms with Crippen LogP contribution >= 0.6 is 11.6 Å². The van der Waals surface area contributed by atoms with E-state index in [0.29, 0.717) is 5.82 Å². The number of rotatable bonds is 4. The standard InChI is InChI=1S/C10H7ClN4O4/c11-7-2-1-6(3-8(7)15(17)18)10(16)12-4-9-13-5-19-14-9/h1-3,5H,4H2,(H,12,16). The second-order valence-electron chi connectivity index (χ2n) is 3.45. The lowest BCUT2D eigenvalue weighted by Gasteiger charge is -2.03. The van der Waals surface area contributed by atoms with Gasteiger partial charge in [0.15, 0.2) is 5.82 Å². The predicted molar refractivity (Wildman–Crippen MR) is 63.6 cm³/mol.